The molecule has 1 unspecified atom stereocenters. The topological polar surface area (TPSA) is 102 Å². The summed E-state index contributed by atoms with van der Waals surface area (Å²) in [7, 11) is 1.83. The van der Waals surface area contributed by atoms with Gasteiger partial charge in [0.1, 0.15) is 23.3 Å². The maximum atomic E-state index is 14.5. The van der Waals surface area contributed by atoms with E-state index in [1.54, 1.807) is 36.4 Å². The maximum Gasteiger partial charge on any atom is 0.269 e. The summed E-state index contributed by atoms with van der Waals surface area (Å²) in [6.07, 6.45) is 0. The molecule has 0 saturated carbocycles. The van der Waals surface area contributed by atoms with Crippen LogP contribution in [0.2, 0.25) is 0 Å². The van der Waals surface area contributed by atoms with Gasteiger partial charge >= 0.3 is 0 Å². The molecule has 6 rings (SSSR count). The predicted octanol–water partition coefficient (Wildman–Crippen LogP) is 3.73. The smallest absolute Gasteiger partial charge is 0.269 e. The van der Waals surface area contributed by atoms with Crippen LogP contribution in [0.25, 0.3) is 0 Å². The number of likely N-dealkylation sites (tertiary alicyclic amines) is 1. The van der Waals surface area contributed by atoms with Crippen molar-refractivity contribution in [3.8, 4) is 5.75 Å². The Kier molecular flexibility index (Phi) is 4.22. The van der Waals surface area contributed by atoms with Crippen LogP contribution < -0.4 is 10.1 Å². The van der Waals surface area contributed by atoms with Gasteiger partial charge in [0.2, 0.25) is 0 Å². The first-order valence-corrected chi connectivity index (χ1v) is 11.0. The minimum atomic E-state index is -1.33. The number of nitro benzene ring substituents is 1. The van der Waals surface area contributed by atoms with Crippen LogP contribution >= 0.6 is 0 Å². The summed E-state index contributed by atoms with van der Waals surface area (Å²) in [5.41, 5.74) is -0.303. The van der Waals surface area contributed by atoms with Crippen LogP contribution in [0.4, 0.5) is 11.4 Å². The molecule has 0 aliphatic carbocycles. The summed E-state index contributed by atoms with van der Waals surface area (Å²) in [5, 5.41) is 14.5. The minimum absolute atomic E-state index is 0.0255. The zero-order chi connectivity index (χ0) is 23.7. The number of fused-ring (bicyclic) bond motifs is 4. The van der Waals surface area contributed by atoms with E-state index in [-0.39, 0.29) is 24.0 Å². The number of carbonyl (C=O) groups excluding carboxylic acids is 2. The molecule has 3 atom stereocenters. The number of nitrogens with one attached hydrogen (secondary N) is 1. The monoisotopic (exact) mass is 455 g/mol. The van der Waals surface area contributed by atoms with E-state index in [0.29, 0.717) is 34.7 Å². The van der Waals surface area contributed by atoms with Gasteiger partial charge in [-0.2, -0.15) is 0 Å². The Morgan fingerprint density at radius 1 is 1.06 bits per heavy atom. The number of likely N-dealkylation sites (N-methyl/N-ethyl adjacent to an activating group) is 1. The van der Waals surface area contributed by atoms with E-state index in [4.69, 9.17) is 4.74 Å². The number of non-ortho nitro benzene ring substituents is 1. The van der Waals surface area contributed by atoms with Gasteiger partial charge in [0, 0.05) is 35.8 Å². The Bertz CT molecular complexity index is 1390. The Morgan fingerprint density at radius 2 is 1.82 bits per heavy atom. The number of rotatable bonds is 2. The van der Waals surface area contributed by atoms with E-state index in [0.717, 1.165) is 0 Å². The van der Waals surface area contributed by atoms with Gasteiger partial charge < -0.3 is 10.1 Å². The number of hydrogen-bond acceptors (Lipinski definition) is 6. The molecule has 3 aliphatic heterocycles. The lowest BCUT2D eigenvalue weighted by Gasteiger charge is -2.47. The summed E-state index contributed by atoms with van der Waals surface area (Å²) in [6, 6.07) is 20.8. The van der Waals surface area contributed by atoms with Crippen molar-refractivity contribution in [3.05, 3.63) is 99.6 Å². The predicted molar refractivity (Wildman–Crippen MR) is 124 cm³/mol. The lowest BCUT2D eigenvalue weighted by Crippen LogP contribution is -2.62. The van der Waals surface area contributed by atoms with E-state index in [2.05, 4.69) is 5.32 Å². The average molecular weight is 455 g/mol. The third-order valence-corrected chi connectivity index (χ3v) is 7.64. The number of Topliss-reactive ketones (excluding diaryl/α,β-unsaturated/α-hetero) is 1. The number of nitrogens with zero attached hydrogens (tertiary/aromatic N) is 2. The molecule has 3 aliphatic rings. The van der Waals surface area contributed by atoms with E-state index in [9.17, 15) is 19.7 Å². The van der Waals surface area contributed by atoms with Crippen LogP contribution in [0, 0.1) is 15.5 Å². The third kappa shape index (κ3) is 2.35. The fraction of sp³-hybridized carbons (Fsp3) is 0.231. The van der Waals surface area contributed by atoms with E-state index >= 15 is 0 Å². The number of benzene rings is 3. The molecule has 8 nitrogen and oxygen atoms in total. The Balaban J connectivity index is 1.66. The van der Waals surface area contributed by atoms with Gasteiger partial charge in [-0.25, -0.2) is 0 Å². The number of hydrogen-bond donors (Lipinski definition) is 1. The Labute approximate surface area is 195 Å². The highest BCUT2D eigenvalue weighted by molar-refractivity contribution is 6.15. The molecule has 1 saturated heterocycles. The highest BCUT2D eigenvalue weighted by atomic mass is 16.6. The molecule has 0 bridgehead atoms. The molecule has 1 amide bonds. The quantitative estimate of drug-likeness (QED) is 0.467. The molecule has 0 aromatic heterocycles. The van der Waals surface area contributed by atoms with Crippen molar-refractivity contribution >= 4 is 23.1 Å². The van der Waals surface area contributed by atoms with Gasteiger partial charge in [-0.15, -0.1) is 0 Å². The second-order valence-corrected chi connectivity index (χ2v) is 9.08. The normalized spacial score (nSPS) is 27.4. The molecular formula is C26H21N3O5. The van der Waals surface area contributed by atoms with Gasteiger partial charge in [-0.1, -0.05) is 42.5 Å². The number of carbonyl (C=O) groups is 2. The Hall–Kier alpha value is -4.04. The standard InChI is InChI=1S/C26H21N3O5/c1-28-14-20(16-7-6-8-17(13-16)29(32)33)25(15-34-22-12-5-2-9-18(22)23(25)30)26(28)19-10-3-4-11-21(19)27-24(26)31/h2-13,20H,14-15H2,1H3,(H,27,31)/t20?,25-,26-/m1/s1. The molecule has 3 heterocycles. The SMILES string of the molecule is CN1CC(c2cccc([N+](=O)[O-])c2)[C@@]2(COc3ccccc3C2=O)[C@@]12C(=O)Nc1ccccc12. The zero-order valence-electron chi connectivity index (χ0n) is 18.4. The number of nitro groups is 1. The summed E-state index contributed by atoms with van der Waals surface area (Å²) in [4.78, 5) is 41.4. The first-order valence-electron chi connectivity index (χ1n) is 11.0. The second-order valence-electron chi connectivity index (χ2n) is 9.08. The fourth-order valence-electron chi connectivity index (χ4n) is 6.27. The highest BCUT2D eigenvalue weighted by Gasteiger charge is 2.75. The van der Waals surface area contributed by atoms with Crippen molar-refractivity contribution in [2.24, 2.45) is 5.41 Å². The van der Waals surface area contributed by atoms with Crippen LogP contribution in [0.3, 0.4) is 0 Å². The molecule has 1 fully saturated rings. The summed E-state index contributed by atoms with van der Waals surface area (Å²) in [5.74, 6) is -0.523. The lowest BCUT2D eigenvalue weighted by atomic mass is 9.57. The van der Waals surface area contributed by atoms with Crippen molar-refractivity contribution in [1.82, 2.24) is 4.90 Å². The van der Waals surface area contributed by atoms with Gasteiger partial charge in [-0.3, -0.25) is 24.6 Å². The molecule has 0 radical (unpaired) electrons. The highest BCUT2D eigenvalue weighted by Crippen LogP contribution is 2.64. The number of anilines is 1. The number of para-hydroxylation sites is 2. The largest absolute Gasteiger partial charge is 0.492 e. The molecule has 2 spiro atoms. The van der Waals surface area contributed by atoms with Crippen molar-refractivity contribution in [2.75, 3.05) is 25.5 Å². The van der Waals surface area contributed by atoms with Crippen molar-refractivity contribution < 1.29 is 19.2 Å². The first-order chi connectivity index (χ1) is 16.4. The minimum Gasteiger partial charge on any atom is -0.492 e. The molecule has 3 aromatic carbocycles. The molecule has 170 valence electrons. The van der Waals surface area contributed by atoms with E-state index in [1.165, 1.54) is 12.1 Å². The van der Waals surface area contributed by atoms with Crippen molar-refractivity contribution in [2.45, 2.75) is 11.5 Å². The van der Waals surface area contributed by atoms with Gasteiger partial charge in [-0.05, 0) is 30.8 Å². The van der Waals surface area contributed by atoms with Crippen molar-refractivity contribution in [3.63, 3.8) is 0 Å². The Morgan fingerprint density at radius 3 is 2.65 bits per heavy atom. The van der Waals surface area contributed by atoms with Gasteiger partial charge in [0.15, 0.2) is 5.78 Å². The second kappa shape index (κ2) is 6.98. The maximum absolute atomic E-state index is 14.5. The summed E-state index contributed by atoms with van der Waals surface area (Å²) in [6.45, 7) is 0.322. The third-order valence-electron chi connectivity index (χ3n) is 7.64. The molecule has 8 heteroatoms. The van der Waals surface area contributed by atoms with Gasteiger partial charge in [0.25, 0.3) is 11.6 Å². The van der Waals surface area contributed by atoms with Crippen LogP contribution in [-0.4, -0.2) is 41.7 Å². The van der Waals surface area contributed by atoms with Crippen LogP contribution in [0.5, 0.6) is 5.75 Å². The van der Waals surface area contributed by atoms with Crippen LogP contribution in [-0.2, 0) is 10.3 Å². The average Bonchev–Trinajstić information content (AvgIpc) is 3.30. The number of ketones is 1. The molecule has 34 heavy (non-hydrogen) atoms. The van der Waals surface area contributed by atoms with E-state index in [1.807, 2.05) is 36.2 Å². The van der Waals surface area contributed by atoms with Crippen LogP contribution in [0.1, 0.15) is 27.4 Å². The summed E-state index contributed by atoms with van der Waals surface area (Å²) < 4.78 is 6.20. The van der Waals surface area contributed by atoms with Crippen LogP contribution in [0.15, 0.2) is 72.8 Å². The van der Waals surface area contributed by atoms with Gasteiger partial charge in [0.05, 0.1) is 10.5 Å². The molecule has 3 aromatic rings. The first kappa shape index (κ1) is 20.6. The summed E-state index contributed by atoms with van der Waals surface area (Å²) >= 11 is 0. The fourth-order valence-corrected chi connectivity index (χ4v) is 6.27. The molecular weight excluding hydrogens is 434 g/mol. The van der Waals surface area contributed by atoms with Crippen molar-refractivity contribution in [1.29, 1.82) is 0 Å². The van der Waals surface area contributed by atoms with E-state index < -0.39 is 21.8 Å². The number of ether oxygens (including phenoxy) is 1. The molecule has 1 N–H and O–H groups in total. The lowest BCUT2D eigenvalue weighted by molar-refractivity contribution is -0.384. The number of amides is 1. The zero-order valence-corrected chi connectivity index (χ0v) is 18.4.